The van der Waals surface area contributed by atoms with E-state index in [0.717, 1.165) is 4.90 Å². The van der Waals surface area contributed by atoms with Crippen LogP contribution in [-0.4, -0.2) is 18.8 Å². The third-order valence-electron chi connectivity index (χ3n) is 4.46. The zero-order valence-corrected chi connectivity index (χ0v) is 17.0. The number of Topliss-reactive ketones (excluding diaryl/α,β-unsaturated/α-hetero) is 1. The number of carbonyl (C=O) groups excluding carboxylic acids is 2. The monoisotopic (exact) mass is 421 g/mol. The predicted octanol–water partition coefficient (Wildman–Crippen LogP) is 5.83. The van der Waals surface area contributed by atoms with Crippen LogP contribution in [0.3, 0.4) is 0 Å². The van der Waals surface area contributed by atoms with Gasteiger partial charge in [0, 0.05) is 32.9 Å². The average Bonchev–Trinajstić information content (AvgIpc) is 3.07. The number of ketones is 1. The van der Waals surface area contributed by atoms with Crippen molar-refractivity contribution in [3.63, 3.8) is 0 Å². The van der Waals surface area contributed by atoms with Crippen LogP contribution in [-0.2, 0) is 0 Å². The Morgan fingerprint density at radius 1 is 1.03 bits per heavy atom. The molecule has 6 heteroatoms. The fourth-order valence-corrected chi connectivity index (χ4v) is 4.20. The van der Waals surface area contributed by atoms with Crippen molar-refractivity contribution >= 4 is 40.7 Å². The Balaban J connectivity index is 1.76. The maximum atomic E-state index is 13.3. The van der Waals surface area contributed by atoms with Gasteiger partial charge >= 0.3 is 0 Å². The maximum absolute atomic E-state index is 13.3. The lowest BCUT2D eigenvalue weighted by Gasteiger charge is -2.20. The molecule has 0 spiro atoms. The van der Waals surface area contributed by atoms with E-state index in [1.807, 2.05) is 18.2 Å². The second-order valence-electron chi connectivity index (χ2n) is 6.30. The molecule has 0 N–H and O–H groups in total. The molecule has 1 aliphatic heterocycles. The number of carbonyl (C=O) groups is 2. The normalized spacial score (nSPS) is 14.0. The summed E-state index contributed by atoms with van der Waals surface area (Å²) in [4.78, 5) is 28.9. The van der Waals surface area contributed by atoms with Crippen molar-refractivity contribution in [2.75, 3.05) is 12.0 Å². The van der Waals surface area contributed by atoms with E-state index in [0.29, 0.717) is 32.5 Å². The molecule has 3 aromatic carbocycles. The second kappa shape index (κ2) is 8.15. The van der Waals surface area contributed by atoms with Gasteiger partial charge in [0.25, 0.3) is 5.91 Å². The van der Waals surface area contributed by atoms with Gasteiger partial charge in [-0.05, 0) is 54.6 Å². The van der Waals surface area contributed by atoms with Gasteiger partial charge in [0.05, 0.1) is 12.0 Å². The number of fused-ring (bicyclic) bond motifs is 1. The number of benzene rings is 3. The quantitative estimate of drug-likeness (QED) is 0.497. The van der Waals surface area contributed by atoms with Crippen molar-refractivity contribution in [1.29, 1.82) is 0 Å². The van der Waals surface area contributed by atoms with Gasteiger partial charge in [0.1, 0.15) is 5.75 Å². The molecule has 4 nitrogen and oxygen atoms in total. The number of hydrogen-bond acceptors (Lipinski definition) is 4. The van der Waals surface area contributed by atoms with Crippen molar-refractivity contribution in [2.45, 2.75) is 4.90 Å². The molecule has 3 aromatic rings. The first kappa shape index (κ1) is 19.3. The smallest absolute Gasteiger partial charge is 0.262 e. The van der Waals surface area contributed by atoms with Crippen LogP contribution < -0.4 is 9.64 Å². The van der Waals surface area contributed by atoms with E-state index in [4.69, 9.17) is 16.3 Å². The van der Waals surface area contributed by atoms with Gasteiger partial charge in [-0.25, -0.2) is 0 Å². The topological polar surface area (TPSA) is 46.6 Å². The van der Waals surface area contributed by atoms with Crippen molar-refractivity contribution in [2.24, 2.45) is 0 Å². The number of allylic oxidation sites excluding steroid dienone is 1. The standard InChI is InChI=1S/C23H16ClNO3S/c1-28-18-11-9-17(10-12-18)25(23(27)15-5-4-6-16(24)13-15)14-21-22(26)19-7-2-3-8-20(19)29-21/h2-14H,1H3/b21-14-. The summed E-state index contributed by atoms with van der Waals surface area (Å²) in [6.07, 6.45) is 1.60. The molecule has 0 fully saturated rings. The predicted molar refractivity (Wildman–Crippen MR) is 116 cm³/mol. The molecule has 1 aliphatic rings. The van der Waals surface area contributed by atoms with Gasteiger partial charge in [-0.1, -0.05) is 41.6 Å². The molecule has 0 bridgehead atoms. The molecular formula is C23H16ClNO3S. The van der Waals surface area contributed by atoms with Crippen molar-refractivity contribution in [3.05, 3.63) is 100 Å². The van der Waals surface area contributed by atoms with Gasteiger partial charge in [-0.15, -0.1) is 0 Å². The Bertz CT molecular complexity index is 1120. The molecule has 0 aliphatic carbocycles. The highest BCUT2D eigenvalue weighted by Crippen LogP contribution is 2.40. The Morgan fingerprint density at radius 3 is 2.48 bits per heavy atom. The molecule has 144 valence electrons. The van der Waals surface area contributed by atoms with Crippen molar-refractivity contribution < 1.29 is 14.3 Å². The SMILES string of the molecule is COc1ccc(N(/C=C2\Sc3ccccc3C2=O)C(=O)c2cccc(Cl)c2)cc1. The summed E-state index contributed by atoms with van der Waals surface area (Å²) in [6.45, 7) is 0. The van der Waals surface area contributed by atoms with Crippen LogP contribution in [0.25, 0.3) is 0 Å². The van der Waals surface area contributed by atoms with Crippen LogP contribution in [0.4, 0.5) is 5.69 Å². The maximum Gasteiger partial charge on any atom is 0.262 e. The third kappa shape index (κ3) is 3.92. The summed E-state index contributed by atoms with van der Waals surface area (Å²) < 4.78 is 5.21. The molecule has 0 atom stereocenters. The molecule has 1 amide bonds. The van der Waals surface area contributed by atoms with Gasteiger partial charge in [-0.2, -0.15) is 0 Å². The average molecular weight is 422 g/mol. The summed E-state index contributed by atoms with van der Waals surface area (Å²) in [7, 11) is 1.58. The highest BCUT2D eigenvalue weighted by atomic mass is 35.5. The van der Waals surface area contributed by atoms with Crippen LogP contribution in [0, 0.1) is 0 Å². The van der Waals surface area contributed by atoms with Crippen LogP contribution in [0.15, 0.2) is 88.8 Å². The Labute approximate surface area is 177 Å². The molecule has 0 saturated heterocycles. The first-order valence-electron chi connectivity index (χ1n) is 8.83. The Hall–Kier alpha value is -3.02. The first-order valence-corrected chi connectivity index (χ1v) is 10.0. The van der Waals surface area contributed by atoms with Crippen LogP contribution in [0.2, 0.25) is 5.02 Å². The zero-order chi connectivity index (χ0) is 20.4. The van der Waals surface area contributed by atoms with E-state index < -0.39 is 0 Å². The number of halogens is 1. The highest BCUT2D eigenvalue weighted by molar-refractivity contribution is 8.04. The van der Waals surface area contributed by atoms with E-state index in [1.54, 1.807) is 67.9 Å². The van der Waals surface area contributed by atoms with E-state index in [9.17, 15) is 9.59 Å². The first-order chi connectivity index (χ1) is 14.1. The summed E-state index contributed by atoms with van der Waals surface area (Å²) in [5.74, 6) is 0.299. The zero-order valence-electron chi connectivity index (χ0n) is 15.5. The Kier molecular flexibility index (Phi) is 5.43. The number of thioether (sulfide) groups is 1. The molecule has 0 aromatic heterocycles. The Morgan fingerprint density at radius 2 is 1.79 bits per heavy atom. The van der Waals surface area contributed by atoms with Gasteiger partial charge in [-0.3, -0.25) is 14.5 Å². The molecule has 0 saturated carbocycles. The van der Waals surface area contributed by atoms with Crippen LogP contribution >= 0.6 is 23.4 Å². The minimum absolute atomic E-state index is 0.0944. The van der Waals surface area contributed by atoms with Crippen LogP contribution in [0.5, 0.6) is 5.75 Å². The lowest BCUT2D eigenvalue weighted by molar-refractivity contribution is 0.0997. The van der Waals surface area contributed by atoms with E-state index in [2.05, 4.69) is 0 Å². The minimum atomic E-state index is -0.283. The number of anilines is 1. The summed E-state index contributed by atoms with van der Waals surface area (Å²) in [5.41, 5.74) is 1.69. The number of amides is 1. The molecule has 1 heterocycles. The van der Waals surface area contributed by atoms with Gasteiger partial charge in [0.15, 0.2) is 0 Å². The van der Waals surface area contributed by atoms with E-state index in [1.165, 1.54) is 16.7 Å². The lowest BCUT2D eigenvalue weighted by Crippen LogP contribution is -2.26. The number of hydrogen-bond donors (Lipinski definition) is 0. The number of methoxy groups -OCH3 is 1. The second-order valence-corrected chi connectivity index (χ2v) is 7.82. The van der Waals surface area contributed by atoms with Crippen molar-refractivity contribution in [3.8, 4) is 5.75 Å². The van der Waals surface area contributed by atoms with Crippen LogP contribution in [0.1, 0.15) is 20.7 Å². The lowest BCUT2D eigenvalue weighted by atomic mass is 10.1. The molecular weight excluding hydrogens is 406 g/mol. The summed E-state index contributed by atoms with van der Waals surface area (Å²) >= 11 is 7.43. The van der Waals surface area contributed by atoms with E-state index in [-0.39, 0.29) is 11.7 Å². The third-order valence-corrected chi connectivity index (χ3v) is 5.78. The van der Waals surface area contributed by atoms with Gasteiger partial charge in [0.2, 0.25) is 5.78 Å². The van der Waals surface area contributed by atoms with Crippen molar-refractivity contribution in [1.82, 2.24) is 0 Å². The molecule has 0 radical (unpaired) electrons. The summed E-state index contributed by atoms with van der Waals surface area (Å²) in [5, 5.41) is 0.469. The van der Waals surface area contributed by atoms with Gasteiger partial charge < -0.3 is 4.74 Å². The molecule has 29 heavy (non-hydrogen) atoms. The summed E-state index contributed by atoms with van der Waals surface area (Å²) in [6, 6.07) is 21.2. The fraction of sp³-hybridized carbons (Fsp3) is 0.0435. The fourth-order valence-electron chi connectivity index (χ4n) is 3.00. The molecule has 4 rings (SSSR count). The highest BCUT2D eigenvalue weighted by Gasteiger charge is 2.28. The minimum Gasteiger partial charge on any atom is -0.497 e. The largest absolute Gasteiger partial charge is 0.497 e. The number of nitrogens with zero attached hydrogens (tertiary/aromatic N) is 1. The van der Waals surface area contributed by atoms with E-state index >= 15 is 0 Å². The number of rotatable bonds is 4. The number of ether oxygens (including phenoxy) is 1. The molecule has 0 unspecified atom stereocenters.